The van der Waals surface area contributed by atoms with Crippen molar-refractivity contribution >= 4 is 27.7 Å². The minimum absolute atomic E-state index is 0.0902. The molecule has 1 aliphatic rings. The average Bonchev–Trinajstić information content (AvgIpc) is 2.38. The number of benzene rings is 1. The Morgan fingerprint density at radius 1 is 1.41 bits per heavy atom. The lowest BCUT2D eigenvalue weighted by molar-refractivity contribution is 0.222. The Hall–Kier alpha value is -0.450. The van der Waals surface area contributed by atoms with Gasteiger partial charge in [-0.2, -0.15) is 0 Å². The van der Waals surface area contributed by atoms with Gasteiger partial charge in [-0.15, -0.1) is 11.8 Å². The van der Waals surface area contributed by atoms with E-state index < -0.39 is 0 Å². The zero-order valence-corrected chi connectivity index (χ0v) is 12.0. The number of nitrogens with two attached hydrogens (primary N) is 1. The van der Waals surface area contributed by atoms with Crippen molar-refractivity contribution in [1.29, 1.82) is 0 Å². The Kier molecular flexibility index (Phi) is 4.95. The lowest BCUT2D eigenvalue weighted by Gasteiger charge is -2.19. The van der Waals surface area contributed by atoms with Crippen LogP contribution >= 0.6 is 27.7 Å². The maximum atomic E-state index is 6.16. The molecule has 92 valence electrons. The van der Waals surface area contributed by atoms with E-state index in [2.05, 4.69) is 28.1 Å². The Morgan fingerprint density at radius 2 is 2.24 bits per heavy atom. The van der Waals surface area contributed by atoms with E-state index in [0.717, 1.165) is 29.7 Å². The molecule has 1 unspecified atom stereocenters. The van der Waals surface area contributed by atoms with Crippen LogP contribution in [0.15, 0.2) is 45.5 Å². The molecule has 0 bridgehead atoms. The summed E-state index contributed by atoms with van der Waals surface area (Å²) in [5.74, 6) is 0.887. The number of halogens is 1. The van der Waals surface area contributed by atoms with Crippen LogP contribution in [0.3, 0.4) is 0 Å². The molecule has 0 fully saturated rings. The van der Waals surface area contributed by atoms with E-state index in [1.165, 1.54) is 10.5 Å². The fraction of sp³-hybridized carbons (Fsp3) is 0.385. The highest BCUT2D eigenvalue weighted by atomic mass is 79.9. The topological polar surface area (TPSA) is 35.2 Å². The molecule has 0 saturated heterocycles. The summed E-state index contributed by atoms with van der Waals surface area (Å²) < 4.78 is 6.45. The monoisotopic (exact) mass is 313 g/mol. The molecule has 2 rings (SSSR count). The molecule has 17 heavy (non-hydrogen) atoms. The number of hydrogen-bond acceptors (Lipinski definition) is 3. The van der Waals surface area contributed by atoms with Crippen molar-refractivity contribution < 1.29 is 4.74 Å². The summed E-state index contributed by atoms with van der Waals surface area (Å²) in [5.41, 5.74) is 7.39. The Bertz CT molecular complexity index is 408. The highest BCUT2D eigenvalue weighted by Crippen LogP contribution is 2.28. The summed E-state index contributed by atoms with van der Waals surface area (Å²) in [7, 11) is 0. The third-order valence-electron chi connectivity index (χ3n) is 2.69. The quantitative estimate of drug-likeness (QED) is 0.863. The normalized spacial score (nSPS) is 17.2. The van der Waals surface area contributed by atoms with Crippen molar-refractivity contribution in [3.8, 4) is 0 Å². The molecule has 0 radical (unpaired) electrons. The molecule has 2 nitrogen and oxygen atoms in total. The summed E-state index contributed by atoms with van der Waals surface area (Å²) in [6, 6.07) is 8.31. The molecule has 0 amide bonds. The molecule has 1 aliphatic heterocycles. The van der Waals surface area contributed by atoms with Gasteiger partial charge in [-0.05, 0) is 46.5 Å². The second kappa shape index (κ2) is 6.47. The third kappa shape index (κ3) is 3.76. The summed E-state index contributed by atoms with van der Waals surface area (Å²) >= 11 is 5.32. The zero-order chi connectivity index (χ0) is 12.1. The first-order valence-electron chi connectivity index (χ1n) is 5.71. The van der Waals surface area contributed by atoms with Gasteiger partial charge in [0, 0.05) is 21.2 Å². The second-order valence-electron chi connectivity index (χ2n) is 4.02. The lowest BCUT2D eigenvalue weighted by Crippen LogP contribution is -2.27. The maximum Gasteiger partial charge on any atom is 0.0876 e. The van der Waals surface area contributed by atoms with Crippen LogP contribution in [0.5, 0.6) is 0 Å². The van der Waals surface area contributed by atoms with E-state index in [9.17, 15) is 0 Å². The van der Waals surface area contributed by atoms with Crippen molar-refractivity contribution in [3.05, 3.63) is 40.6 Å². The molecular weight excluding hydrogens is 298 g/mol. The second-order valence-corrected chi connectivity index (χ2v) is 5.93. The molecular formula is C13H16BrNOS. The largest absolute Gasteiger partial charge is 0.501 e. The van der Waals surface area contributed by atoms with E-state index in [-0.39, 0.29) is 6.04 Å². The first-order chi connectivity index (χ1) is 8.27. The maximum absolute atomic E-state index is 6.16. The predicted molar refractivity (Wildman–Crippen MR) is 76.1 cm³/mol. The van der Waals surface area contributed by atoms with Crippen LogP contribution in [0.1, 0.15) is 12.8 Å². The Balaban J connectivity index is 1.89. The van der Waals surface area contributed by atoms with Gasteiger partial charge in [-0.3, -0.25) is 0 Å². The van der Waals surface area contributed by atoms with E-state index in [0.29, 0.717) is 0 Å². The summed E-state index contributed by atoms with van der Waals surface area (Å²) in [6.07, 6.45) is 3.99. The molecule has 0 aliphatic carbocycles. The van der Waals surface area contributed by atoms with Crippen LogP contribution in [0.25, 0.3) is 0 Å². The van der Waals surface area contributed by atoms with Gasteiger partial charge in [0.1, 0.15) is 0 Å². The smallest absolute Gasteiger partial charge is 0.0876 e. The zero-order valence-electron chi connectivity index (χ0n) is 9.56. The van der Waals surface area contributed by atoms with E-state index in [1.54, 1.807) is 11.8 Å². The van der Waals surface area contributed by atoms with E-state index in [4.69, 9.17) is 10.5 Å². The fourth-order valence-corrected chi connectivity index (χ4v) is 3.29. The minimum Gasteiger partial charge on any atom is -0.501 e. The molecule has 0 saturated carbocycles. The Morgan fingerprint density at radius 3 is 2.94 bits per heavy atom. The summed E-state index contributed by atoms with van der Waals surface area (Å²) in [6.45, 7) is 0.827. The standard InChI is InChI=1S/C13H16BrNOS/c14-11-5-1-2-6-13(11)17-9-12(15)10-4-3-7-16-8-10/h1-2,5-6,8,12H,3-4,7,9,15H2. The van der Waals surface area contributed by atoms with Crippen molar-refractivity contribution in [2.45, 2.75) is 23.8 Å². The van der Waals surface area contributed by atoms with E-state index >= 15 is 0 Å². The van der Waals surface area contributed by atoms with Crippen LogP contribution in [0.4, 0.5) is 0 Å². The van der Waals surface area contributed by atoms with Gasteiger partial charge in [-0.25, -0.2) is 0 Å². The number of hydrogen-bond donors (Lipinski definition) is 1. The number of rotatable bonds is 4. The van der Waals surface area contributed by atoms with Crippen molar-refractivity contribution in [3.63, 3.8) is 0 Å². The van der Waals surface area contributed by atoms with Crippen LogP contribution in [-0.4, -0.2) is 18.4 Å². The molecule has 1 atom stereocenters. The SMILES string of the molecule is NC(CSc1ccccc1Br)C1=COCCC1. The minimum atomic E-state index is 0.0902. The molecule has 1 aromatic carbocycles. The molecule has 1 heterocycles. The summed E-state index contributed by atoms with van der Waals surface area (Å²) in [4.78, 5) is 1.24. The first-order valence-corrected chi connectivity index (χ1v) is 7.48. The van der Waals surface area contributed by atoms with Gasteiger partial charge in [0.05, 0.1) is 12.9 Å². The van der Waals surface area contributed by atoms with Gasteiger partial charge in [-0.1, -0.05) is 12.1 Å². The van der Waals surface area contributed by atoms with Crippen LogP contribution in [0, 0.1) is 0 Å². The van der Waals surface area contributed by atoms with Gasteiger partial charge in [0.2, 0.25) is 0 Å². The highest BCUT2D eigenvalue weighted by Gasteiger charge is 2.13. The van der Waals surface area contributed by atoms with Crippen LogP contribution in [-0.2, 0) is 4.74 Å². The Labute approximate surface area is 115 Å². The molecule has 1 aromatic rings. The third-order valence-corrected chi connectivity index (χ3v) is 4.84. The highest BCUT2D eigenvalue weighted by molar-refractivity contribution is 9.10. The van der Waals surface area contributed by atoms with Gasteiger partial charge in [0.15, 0.2) is 0 Å². The molecule has 0 spiro atoms. The molecule has 0 aromatic heterocycles. The van der Waals surface area contributed by atoms with Gasteiger partial charge in [0.25, 0.3) is 0 Å². The van der Waals surface area contributed by atoms with Crippen molar-refractivity contribution in [2.24, 2.45) is 5.73 Å². The molecule has 4 heteroatoms. The lowest BCUT2D eigenvalue weighted by atomic mass is 10.0. The molecule has 2 N–H and O–H groups in total. The van der Waals surface area contributed by atoms with Gasteiger partial charge < -0.3 is 10.5 Å². The fourth-order valence-electron chi connectivity index (χ4n) is 1.71. The van der Waals surface area contributed by atoms with E-state index in [1.807, 2.05) is 18.4 Å². The van der Waals surface area contributed by atoms with Crippen LogP contribution in [0.2, 0.25) is 0 Å². The predicted octanol–water partition coefficient (Wildman–Crippen LogP) is 3.56. The van der Waals surface area contributed by atoms with Crippen molar-refractivity contribution in [1.82, 2.24) is 0 Å². The average molecular weight is 314 g/mol. The number of ether oxygens (including phenoxy) is 1. The van der Waals surface area contributed by atoms with Crippen LogP contribution < -0.4 is 5.73 Å². The summed E-state index contributed by atoms with van der Waals surface area (Å²) in [5, 5.41) is 0. The first kappa shape index (κ1) is 13.0. The van der Waals surface area contributed by atoms with Crippen molar-refractivity contribution in [2.75, 3.05) is 12.4 Å². The number of thioether (sulfide) groups is 1. The van der Waals surface area contributed by atoms with Gasteiger partial charge >= 0.3 is 0 Å².